The summed E-state index contributed by atoms with van der Waals surface area (Å²) in [6.07, 6.45) is 2.37. The average molecular weight is 309 g/mol. The van der Waals surface area contributed by atoms with Crippen molar-refractivity contribution < 1.29 is 18.3 Å². The van der Waals surface area contributed by atoms with E-state index in [2.05, 4.69) is 5.10 Å². The summed E-state index contributed by atoms with van der Waals surface area (Å²) in [6.45, 7) is 1.61. The highest BCUT2D eigenvalue weighted by molar-refractivity contribution is 7.92. The van der Waals surface area contributed by atoms with Crippen LogP contribution in [-0.4, -0.2) is 35.8 Å². The molecule has 0 amide bonds. The minimum atomic E-state index is -3.76. The lowest BCUT2D eigenvalue weighted by Gasteiger charge is -2.21. The van der Waals surface area contributed by atoms with E-state index in [1.807, 2.05) is 0 Å². The van der Waals surface area contributed by atoms with Crippen LogP contribution in [0.15, 0.2) is 47.6 Å². The van der Waals surface area contributed by atoms with Crippen LogP contribution in [0.5, 0.6) is 0 Å². The van der Waals surface area contributed by atoms with Crippen LogP contribution >= 0.6 is 0 Å². The highest BCUT2D eigenvalue weighted by Gasteiger charge is 2.25. The number of aliphatic carboxylic acids is 1. The van der Waals surface area contributed by atoms with E-state index < -0.39 is 16.0 Å². The second kappa shape index (κ2) is 5.96. The molecule has 0 fully saturated rings. The lowest BCUT2D eigenvalue weighted by Crippen LogP contribution is -2.30. The number of hydrogen-bond donors (Lipinski definition) is 1. The van der Waals surface area contributed by atoms with E-state index >= 15 is 0 Å². The molecule has 0 saturated carbocycles. The summed E-state index contributed by atoms with van der Waals surface area (Å²) >= 11 is 0. The average Bonchev–Trinajstić information content (AvgIpc) is 2.89. The molecule has 0 bridgehead atoms. The lowest BCUT2D eigenvalue weighted by atomic mass is 10.3. The SMILES string of the molecule is CCN(c1ccccc1)S(=O)(=O)c1cnn(CC(=O)O)c1. The van der Waals surface area contributed by atoms with Crippen LogP contribution in [0.4, 0.5) is 5.69 Å². The first-order valence-electron chi connectivity index (χ1n) is 6.27. The van der Waals surface area contributed by atoms with E-state index in [1.54, 1.807) is 37.3 Å². The fourth-order valence-electron chi connectivity index (χ4n) is 1.92. The molecule has 0 atom stereocenters. The molecule has 21 heavy (non-hydrogen) atoms. The van der Waals surface area contributed by atoms with Gasteiger partial charge in [0.15, 0.2) is 0 Å². The van der Waals surface area contributed by atoms with Crippen molar-refractivity contribution in [3.8, 4) is 0 Å². The van der Waals surface area contributed by atoms with Crippen molar-refractivity contribution >= 4 is 21.7 Å². The van der Waals surface area contributed by atoms with Gasteiger partial charge in [-0.2, -0.15) is 5.10 Å². The number of hydrogen-bond acceptors (Lipinski definition) is 4. The number of benzene rings is 1. The number of para-hydroxylation sites is 1. The highest BCUT2D eigenvalue weighted by Crippen LogP contribution is 2.22. The van der Waals surface area contributed by atoms with Crippen molar-refractivity contribution in [1.82, 2.24) is 9.78 Å². The summed E-state index contributed by atoms with van der Waals surface area (Å²) < 4.78 is 27.5. The van der Waals surface area contributed by atoms with Gasteiger partial charge in [-0.25, -0.2) is 8.42 Å². The van der Waals surface area contributed by atoms with Crippen LogP contribution in [0.1, 0.15) is 6.92 Å². The molecule has 1 N–H and O–H groups in total. The van der Waals surface area contributed by atoms with E-state index in [4.69, 9.17) is 5.11 Å². The second-order valence-electron chi connectivity index (χ2n) is 4.27. The molecule has 1 aromatic carbocycles. The van der Waals surface area contributed by atoms with Gasteiger partial charge in [-0.1, -0.05) is 18.2 Å². The van der Waals surface area contributed by atoms with E-state index in [-0.39, 0.29) is 18.0 Å². The normalized spacial score (nSPS) is 11.3. The van der Waals surface area contributed by atoms with Gasteiger partial charge in [0, 0.05) is 12.7 Å². The molecule has 112 valence electrons. The van der Waals surface area contributed by atoms with Crippen molar-refractivity contribution in [2.75, 3.05) is 10.8 Å². The second-order valence-corrected chi connectivity index (χ2v) is 6.14. The zero-order valence-corrected chi connectivity index (χ0v) is 12.2. The molecule has 2 aromatic rings. The molecule has 0 spiro atoms. The van der Waals surface area contributed by atoms with Crippen LogP contribution in [0.25, 0.3) is 0 Å². The number of carboxylic acid groups (broad SMARTS) is 1. The minimum Gasteiger partial charge on any atom is -0.480 e. The number of aromatic nitrogens is 2. The summed E-state index contributed by atoms with van der Waals surface area (Å²) in [5.41, 5.74) is 0.547. The number of sulfonamides is 1. The number of carboxylic acids is 1. The van der Waals surface area contributed by atoms with Crippen LogP contribution in [0.2, 0.25) is 0 Å². The van der Waals surface area contributed by atoms with Crippen molar-refractivity contribution in [3.63, 3.8) is 0 Å². The third-order valence-electron chi connectivity index (χ3n) is 2.83. The van der Waals surface area contributed by atoms with Crippen LogP contribution < -0.4 is 4.31 Å². The fraction of sp³-hybridized carbons (Fsp3) is 0.231. The Hall–Kier alpha value is -2.35. The molecule has 7 nitrogen and oxygen atoms in total. The fourth-order valence-corrected chi connectivity index (χ4v) is 3.34. The summed E-state index contributed by atoms with van der Waals surface area (Å²) in [4.78, 5) is 10.6. The van der Waals surface area contributed by atoms with E-state index in [9.17, 15) is 13.2 Å². The quantitative estimate of drug-likeness (QED) is 0.865. The first-order chi connectivity index (χ1) is 9.95. The van der Waals surface area contributed by atoms with Crippen LogP contribution in [0.3, 0.4) is 0 Å². The molecular formula is C13H15N3O4S. The topological polar surface area (TPSA) is 92.5 Å². The summed E-state index contributed by atoms with van der Waals surface area (Å²) in [5.74, 6) is -1.09. The number of rotatable bonds is 6. The zero-order valence-electron chi connectivity index (χ0n) is 11.4. The molecular weight excluding hydrogens is 294 g/mol. The van der Waals surface area contributed by atoms with Crippen molar-refractivity contribution in [2.45, 2.75) is 18.4 Å². The van der Waals surface area contributed by atoms with Gasteiger partial charge in [-0.15, -0.1) is 0 Å². The van der Waals surface area contributed by atoms with Gasteiger partial charge in [-0.3, -0.25) is 13.8 Å². The molecule has 0 saturated heterocycles. The van der Waals surface area contributed by atoms with E-state index in [0.717, 1.165) is 10.9 Å². The smallest absolute Gasteiger partial charge is 0.325 e. The molecule has 0 unspecified atom stereocenters. The van der Waals surface area contributed by atoms with E-state index in [1.165, 1.54) is 10.5 Å². The first kappa shape index (κ1) is 15.0. The third-order valence-corrected chi connectivity index (χ3v) is 4.68. The molecule has 2 rings (SSSR count). The van der Waals surface area contributed by atoms with Crippen molar-refractivity contribution in [1.29, 1.82) is 0 Å². The Morgan fingerprint density at radius 1 is 1.33 bits per heavy atom. The molecule has 1 aromatic heterocycles. The Kier molecular flexibility index (Phi) is 4.27. The number of carbonyl (C=O) groups is 1. The van der Waals surface area contributed by atoms with Crippen molar-refractivity contribution in [3.05, 3.63) is 42.7 Å². The first-order valence-corrected chi connectivity index (χ1v) is 7.71. The molecule has 0 radical (unpaired) electrons. The summed E-state index contributed by atoms with van der Waals surface area (Å²) in [5, 5.41) is 12.5. The van der Waals surface area contributed by atoms with Gasteiger partial charge < -0.3 is 5.11 Å². The molecule has 0 aliphatic carbocycles. The maximum absolute atomic E-state index is 12.6. The Morgan fingerprint density at radius 3 is 2.57 bits per heavy atom. The monoisotopic (exact) mass is 309 g/mol. The van der Waals surface area contributed by atoms with Crippen LogP contribution in [-0.2, 0) is 21.4 Å². The predicted octanol–water partition coefficient (Wildman–Crippen LogP) is 1.18. The Morgan fingerprint density at radius 2 is 2.00 bits per heavy atom. The van der Waals surface area contributed by atoms with Gasteiger partial charge >= 0.3 is 5.97 Å². The lowest BCUT2D eigenvalue weighted by molar-refractivity contribution is -0.137. The van der Waals surface area contributed by atoms with Gasteiger partial charge in [-0.05, 0) is 19.1 Å². The Balaban J connectivity index is 2.36. The molecule has 0 aliphatic rings. The van der Waals surface area contributed by atoms with Gasteiger partial charge in [0.25, 0.3) is 10.0 Å². The van der Waals surface area contributed by atoms with Gasteiger partial charge in [0.2, 0.25) is 0 Å². The van der Waals surface area contributed by atoms with E-state index in [0.29, 0.717) is 5.69 Å². The summed E-state index contributed by atoms with van der Waals surface area (Å²) in [7, 11) is -3.76. The number of anilines is 1. The summed E-state index contributed by atoms with van der Waals surface area (Å²) in [6, 6.07) is 8.70. The maximum Gasteiger partial charge on any atom is 0.325 e. The minimum absolute atomic E-state index is 0.0329. The molecule has 1 heterocycles. The highest BCUT2D eigenvalue weighted by atomic mass is 32.2. The van der Waals surface area contributed by atoms with Gasteiger partial charge in [0.05, 0.1) is 11.9 Å². The Labute approximate surface area is 122 Å². The van der Waals surface area contributed by atoms with Crippen LogP contribution in [0, 0.1) is 0 Å². The molecule has 0 aliphatic heterocycles. The number of nitrogens with zero attached hydrogens (tertiary/aromatic N) is 3. The zero-order chi connectivity index (χ0) is 15.5. The third kappa shape index (κ3) is 3.22. The Bertz CT molecular complexity index is 725. The standard InChI is InChI=1S/C13H15N3O4S/c1-2-16(11-6-4-3-5-7-11)21(19,20)12-8-14-15(9-12)10-13(17)18/h3-9H,2,10H2,1H3,(H,17,18). The predicted molar refractivity (Wildman–Crippen MR) is 76.5 cm³/mol. The van der Waals surface area contributed by atoms with Gasteiger partial charge in [0.1, 0.15) is 11.4 Å². The maximum atomic E-state index is 12.6. The molecule has 8 heteroatoms. The largest absolute Gasteiger partial charge is 0.480 e. The van der Waals surface area contributed by atoms with Crippen molar-refractivity contribution in [2.24, 2.45) is 0 Å².